The fourth-order valence-corrected chi connectivity index (χ4v) is 17.6. The first-order chi connectivity index (χ1) is 56.5. The maximum atomic E-state index is 6.60. The highest BCUT2D eigenvalue weighted by molar-refractivity contribution is 6.28. The maximum Gasteiger partial charge on any atom is 0.235 e. The molecule has 0 radical (unpaired) electrons. The molecule has 8 heterocycles. The van der Waals surface area contributed by atoms with Crippen LogP contribution in [0.25, 0.3) is 222 Å². The topological polar surface area (TPSA) is 97.6 Å². The molecule has 0 aliphatic carbocycles. The first-order valence-corrected chi connectivity index (χ1v) is 38.5. The van der Waals surface area contributed by atoms with E-state index in [-0.39, 0.29) is 0 Å². The van der Waals surface area contributed by atoms with Crippen molar-refractivity contribution in [3.05, 3.63) is 388 Å². The summed E-state index contributed by atoms with van der Waals surface area (Å²) in [7, 11) is 0. The molecule has 0 unspecified atom stereocenters. The molecular formula is C104H64N8O2. The van der Waals surface area contributed by atoms with Crippen molar-refractivity contribution in [2.45, 2.75) is 0 Å². The summed E-state index contributed by atoms with van der Waals surface area (Å²) in [5, 5.41) is 13.6. The van der Waals surface area contributed by atoms with Crippen LogP contribution in [0.5, 0.6) is 0 Å². The summed E-state index contributed by atoms with van der Waals surface area (Å²) >= 11 is 0. The summed E-state index contributed by atoms with van der Waals surface area (Å²) < 4.78 is 22.3. The van der Waals surface area contributed by atoms with Crippen molar-refractivity contribution in [3.63, 3.8) is 0 Å². The molecule has 0 bridgehead atoms. The summed E-state index contributed by atoms with van der Waals surface area (Å²) in [5.74, 6) is 1.20. The van der Waals surface area contributed by atoms with Crippen LogP contribution in [0.2, 0.25) is 0 Å². The zero-order valence-corrected chi connectivity index (χ0v) is 61.3. The number of rotatable bonds is 10. The minimum atomic E-state index is 0.595. The van der Waals surface area contributed by atoms with Gasteiger partial charge in [-0.25, -0.2) is 19.9 Å². The first-order valence-electron chi connectivity index (χ1n) is 38.5. The standard InChI is InChI=1S/2C52H32N4O/c1-3-14-33(15-4-1)34-16-13-17-35(30-34)43-32-44(36-26-27-40-39-21-9-12-25-48(39)57-49(40)31-36)54-52(53-43)56-45-23-10-7-20-38(45)41-28-29-47-50(51(41)56)42-22-8-11-24-46(42)55(47)37-18-5-2-6-19-37;1-3-14-33(15-4-1)34-26-28-35(29-27-34)43-32-44(41-22-13-21-40-38-19-9-12-25-48(38)57-51(40)41)54-52(53-43)56-45-23-10-7-18-37(45)39-30-31-47-49(50(39)56)42-20-8-11-24-46(42)55(47)36-16-5-2-6-17-36/h2*1-32H. The normalized spacial score (nSPS) is 11.9. The maximum absolute atomic E-state index is 6.60. The summed E-state index contributed by atoms with van der Waals surface area (Å²) in [6, 6.07) is 137. The monoisotopic (exact) mass is 1460 g/mol. The Labute approximate surface area is 652 Å². The molecule has 114 heavy (non-hydrogen) atoms. The van der Waals surface area contributed by atoms with Crippen LogP contribution in [0.1, 0.15) is 0 Å². The molecule has 0 amide bonds. The van der Waals surface area contributed by atoms with Gasteiger partial charge in [-0.1, -0.05) is 279 Å². The van der Waals surface area contributed by atoms with Crippen LogP contribution in [0.3, 0.4) is 0 Å². The zero-order chi connectivity index (χ0) is 74.9. The third kappa shape index (κ3) is 10.4. The van der Waals surface area contributed by atoms with Gasteiger partial charge in [-0.05, 0) is 131 Å². The summed E-state index contributed by atoms with van der Waals surface area (Å²) in [5.41, 5.74) is 26.1. The Morgan fingerprint density at radius 2 is 0.553 bits per heavy atom. The van der Waals surface area contributed by atoms with E-state index >= 15 is 0 Å². The van der Waals surface area contributed by atoms with Crippen LogP contribution >= 0.6 is 0 Å². The Morgan fingerprint density at radius 3 is 1.11 bits per heavy atom. The van der Waals surface area contributed by atoms with E-state index in [4.69, 9.17) is 28.8 Å². The molecule has 0 saturated heterocycles. The van der Waals surface area contributed by atoms with Crippen molar-refractivity contribution >= 4 is 131 Å². The van der Waals surface area contributed by atoms with Crippen molar-refractivity contribution in [3.8, 4) is 90.6 Å². The Balaban J connectivity index is 0.000000135. The Morgan fingerprint density at radius 1 is 0.193 bits per heavy atom. The lowest BCUT2D eigenvalue weighted by Gasteiger charge is -2.13. The molecule has 10 nitrogen and oxygen atoms in total. The summed E-state index contributed by atoms with van der Waals surface area (Å²) in [6.07, 6.45) is 0. The van der Waals surface area contributed by atoms with Gasteiger partial charge in [0, 0.05) is 98.3 Å². The molecule has 0 fully saturated rings. The van der Waals surface area contributed by atoms with E-state index < -0.39 is 0 Å². The lowest BCUT2D eigenvalue weighted by molar-refractivity contribution is 0.669. The molecule has 10 heteroatoms. The third-order valence-electron chi connectivity index (χ3n) is 22.7. The lowest BCUT2D eigenvalue weighted by atomic mass is 10.0. The van der Waals surface area contributed by atoms with Gasteiger partial charge in [0.2, 0.25) is 11.9 Å². The Kier molecular flexibility index (Phi) is 14.8. The summed E-state index contributed by atoms with van der Waals surface area (Å²) in [4.78, 5) is 21.9. The molecular weight excluding hydrogens is 1390 g/mol. The molecule has 0 aliphatic heterocycles. The van der Waals surface area contributed by atoms with Crippen molar-refractivity contribution in [2.24, 2.45) is 0 Å². The van der Waals surface area contributed by atoms with E-state index in [1.54, 1.807) is 0 Å². The second-order valence-corrected chi connectivity index (χ2v) is 29.1. The highest BCUT2D eigenvalue weighted by Crippen LogP contribution is 2.46. The number of nitrogens with zero attached hydrogens (tertiary/aromatic N) is 8. The van der Waals surface area contributed by atoms with Gasteiger partial charge in [0.25, 0.3) is 0 Å². The Bertz CT molecular complexity index is 7970. The molecule has 0 saturated carbocycles. The largest absolute Gasteiger partial charge is 0.456 e. The SMILES string of the molecule is c1ccc(-c2ccc(-c3cc(-c4cccc5c4oc4ccccc45)nc(-n4c5ccccc5c5ccc6c(c7ccccc7n6-c6ccccc6)c54)n3)cc2)cc1.c1ccc(-c2cccc(-c3cc(-c4ccc5c(c4)oc4ccccc45)nc(-n4c5ccccc5c5ccc6c(c7ccccc7n6-c6ccccc6)c54)n3)c2)cc1. The van der Waals surface area contributed by atoms with Crippen molar-refractivity contribution in [1.82, 2.24) is 38.2 Å². The van der Waals surface area contributed by atoms with Gasteiger partial charge in [0.05, 0.1) is 66.9 Å². The average Bonchev–Trinajstić information content (AvgIpc) is 1.55. The van der Waals surface area contributed by atoms with E-state index in [2.05, 4.69) is 376 Å². The van der Waals surface area contributed by atoms with Crippen LogP contribution < -0.4 is 0 Å². The van der Waals surface area contributed by atoms with E-state index in [0.29, 0.717) is 11.9 Å². The highest BCUT2D eigenvalue weighted by atomic mass is 16.3. The molecule has 0 atom stereocenters. The van der Waals surface area contributed by atoms with Gasteiger partial charge in [0.15, 0.2) is 0 Å². The average molecular weight is 1460 g/mol. The number of benzene rings is 16. The van der Waals surface area contributed by atoms with E-state index in [1.165, 1.54) is 16.3 Å². The van der Waals surface area contributed by atoms with Gasteiger partial charge in [-0.15, -0.1) is 0 Å². The van der Waals surface area contributed by atoms with Gasteiger partial charge < -0.3 is 18.0 Å². The van der Waals surface area contributed by atoms with Crippen LogP contribution in [0.4, 0.5) is 0 Å². The fourth-order valence-electron chi connectivity index (χ4n) is 17.6. The minimum Gasteiger partial charge on any atom is -0.456 e. The van der Waals surface area contributed by atoms with Crippen molar-refractivity contribution in [2.75, 3.05) is 0 Å². The number of hydrogen-bond acceptors (Lipinski definition) is 6. The van der Waals surface area contributed by atoms with Crippen LogP contribution in [-0.4, -0.2) is 38.2 Å². The summed E-state index contributed by atoms with van der Waals surface area (Å²) in [6.45, 7) is 0. The Hall–Kier alpha value is -15.5. The van der Waals surface area contributed by atoms with E-state index in [9.17, 15) is 0 Å². The number of hydrogen-bond donors (Lipinski definition) is 0. The van der Waals surface area contributed by atoms with Gasteiger partial charge in [-0.2, -0.15) is 0 Å². The highest BCUT2D eigenvalue weighted by Gasteiger charge is 2.27. The molecule has 0 N–H and O–H groups in total. The van der Waals surface area contributed by atoms with Crippen LogP contribution in [-0.2, 0) is 0 Å². The van der Waals surface area contributed by atoms with Crippen LogP contribution in [0, 0.1) is 0 Å². The quantitative estimate of drug-likeness (QED) is 0.135. The molecule has 0 aliphatic rings. The van der Waals surface area contributed by atoms with Gasteiger partial charge in [0.1, 0.15) is 22.3 Å². The molecule has 0 spiro atoms. The van der Waals surface area contributed by atoms with Crippen molar-refractivity contribution in [1.29, 1.82) is 0 Å². The first kappa shape index (κ1) is 64.5. The predicted octanol–water partition coefficient (Wildman–Crippen LogP) is 27.1. The number of para-hydroxylation sites is 9. The van der Waals surface area contributed by atoms with Crippen molar-refractivity contribution < 1.29 is 8.83 Å². The molecule has 24 aromatic rings. The molecule has 24 rings (SSSR count). The van der Waals surface area contributed by atoms with Crippen LogP contribution in [0.15, 0.2) is 397 Å². The number of fused-ring (bicyclic) bond motifs is 20. The second kappa shape index (κ2) is 26.1. The smallest absolute Gasteiger partial charge is 0.235 e. The fraction of sp³-hybridized carbons (Fsp3) is 0. The predicted molar refractivity (Wildman–Crippen MR) is 469 cm³/mol. The number of aromatic nitrogens is 8. The second-order valence-electron chi connectivity index (χ2n) is 29.1. The van der Waals surface area contributed by atoms with E-state index in [1.807, 2.05) is 30.3 Å². The van der Waals surface area contributed by atoms with Gasteiger partial charge in [-0.3, -0.25) is 9.13 Å². The van der Waals surface area contributed by atoms with E-state index in [0.717, 1.165) is 193 Å². The third-order valence-corrected chi connectivity index (χ3v) is 22.7. The van der Waals surface area contributed by atoms with Gasteiger partial charge >= 0.3 is 0 Å². The lowest BCUT2D eigenvalue weighted by Crippen LogP contribution is -2.04. The zero-order valence-electron chi connectivity index (χ0n) is 61.3. The molecule has 532 valence electrons. The minimum absolute atomic E-state index is 0.595. The molecule has 8 aromatic heterocycles. The molecule has 16 aromatic carbocycles. The number of furan rings is 2.